The average molecular weight is 667 g/mol. The van der Waals surface area contributed by atoms with Crippen LogP contribution in [0, 0.1) is 32.5 Å². The normalized spacial score (nSPS) is 13.7. The molecule has 0 aliphatic rings. The molecule has 9 nitrogen and oxygen atoms in total. The Hall–Kier alpha value is -2.68. The first-order valence-corrected chi connectivity index (χ1v) is 16.8. The summed E-state index contributed by atoms with van der Waals surface area (Å²) in [6.07, 6.45) is 9.43. The van der Waals surface area contributed by atoms with Crippen molar-refractivity contribution in [2.75, 3.05) is 20.0 Å². The monoisotopic (exact) mass is 666 g/mol. The molecular formula is C38H66O9. The lowest BCUT2D eigenvalue weighted by molar-refractivity contribution is -0.175. The van der Waals surface area contributed by atoms with Gasteiger partial charge in [-0.25, -0.2) is 0 Å². The van der Waals surface area contributed by atoms with Gasteiger partial charge in [0.1, 0.15) is 13.2 Å². The van der Waals surface area contributed by atoms with Crippen molar-refractivity contribution in [1.82, 2.24) is 0 Å². The molecule has 0 aromatic carbocycles. The molecule has 0 bridgehead atoms. The lowest BCUT2D eigenvalue weighted by atomic mass is 9.71. The van der Waals surface area contributed by atoms with Crippen LogP contribution in [0.3, 0.4) is 0 Å². The Labute approximate surface area is 285 Å². The molecule has 272 valence electrons. The summed E-state index contributed by atoms with van der Waals surface area (Å²) in [4.78, 5) is 51.5. The van der Waals surface area contributed by atoms with E-state index in [1.54, 1.807) is 0 Å². The van der Waals surface area contributed by atoms with Crippen LogP contribution in [0.4, 0.5) is 0 Å². The van der Waals surface area contributed by atoms with Crippen molar-refractivity contribution >= 4 is 23.9 Å². The molecule has 1 N–H and O–H groups in total. The number of esters is 4. The third-order valence-corrected chi connectivity index (χ3v) is 8.05. The number of allylic oxidation sites excluding steroid dienone is 4. The van der Waals surface area contributed by atoms with Crippen LogP contribution >= 0.6 is 0 Å². The lowest BCUT2D eigenvalue weighted by Crippen LogP contribution is -2.38. The van der Waals surface area contributed by atoms with Gasteiger partial charge in [0, 0.05) is 6.42 Å². The Morgan fingerprint density at radius 3 is 1.43 bits per heavy atom. The maximum absolute atomic E-state index is 13.3. The van der Waals surface area contributed by atoms with Gasteiger partial charge >= 0.3 is 23.9 Å². The summed E-state index contributed by atoms with van der Waals surface area (Å²) in [5.74, 6) is -1.85. The Kier molecular flexibility index (Phi) is 17.1. The summed E-state index contributed by atoms with van der Waals surface area (Å²) in [6, 6.07) is 0. The average Bonchev–Trinajstić information content (AvgIpc) is 2.86. The first-order chi connectivity index (χ1) is 21.2. The fourth-order valence-electron chi connectivity index (χ4n) is 6.94. The highest BCUT2D eigenvalue weighted by atomic mass is 16.6. The van der Waals surface area contributed by atoms with Gasteiger partial charge < -0.3 is 24.1 Å². The first-order valence-electron chi connectivity index (χ1n) is 16.8. The van der Waals surface area contributed by atoms with Crippen LogP contribution in [-0.4, -0.2) is 55.1 Å². The van der Waals surface area contributed by atoms with Gasteiger partial charge in [0.15, 0.2) is 12.9 Å². The van der Waals surface area contributed by atoms with E-state index in [2.05, 4.69) is 44.6 Å². The van der Waals surface area contributed by atoms with Crippen LogP contribution in [-0.2, 0) is 38.1 Å². The summed E-state index contributed by atoms with van der Waals surface area (Å²) in [6.45, 7) is 26.1. The molecule has 47 heavy (non-hydrogen) atoms. The fourth-order valence-corrected chi connectivity index (χ4v) is 6.94. The minimum atomic E-state index is -0.994. The van der Waals surface area contributed by atoms with E-state index in [1.807, 2.05) is 81.4 Å². The predicted octanol–water partition coefficient (Wildman–Crippen LogP) is 8.13. The second-order valence-electron chi connectivity index (χ2n) is 17.2. The van der Waals surface area contributed by atoms with Gasteiger partial charge in [0.2, 0.25) is 0 Å². The Balaban J connectivity index is 5.79. The molecule has 0 aliphatic heterocycles. The minimum Gasteiger partial charge on any atom is -0.461 e. The van der Waals surface area contributed by atoms with E-state index >= 15 is 0 Å². The topological polar surface area (TPSA) is 125 Å². The largest absolute Gasteiger partial charge is 0.461 e. The molecule has 0 atom stereocenters. The van der Waals surface area contributed by atoms with Gasteiger partial charge in [-0.2, -0.15) is 0 Å². The van der Waals surface area contributed by atoms with Gasteiger partial charge in [-0.15, -0.1) is 0 Å². The molecule has 0 amide bonds. The summed E-state index contributed by atoms with van der Waals surface area (Å²) in [5.41, 5.74) is -2.90. The molecule has 0 radical (unpaired) electrons. The van der Waals surface area contributed by atoms with E-state index in [4.69, 9.17) is 19.3 Å². The maximum Gasteiger partial charge on any atom is 0.311 e. The molecule has 0 aromatic heterocycles. The van der Waals surface area contributed by atoms with Crippen LogP contribution in [0.15, 0.2) is 24.3 Å². The molecule has 0 heterocycles. The first kappa shape index (κ1) is 44.3. The number of aliphatic hydroxyl groups is 1. The standard InChI is InChI=1S/C38H66O9/c1-15-18-33(3,4)25-37(11,12)31(42)44-22-28(23-45-32(43)38(13,14)26-34(5,6)19-16-2)47-30(41)21-36(9,10)24-35(7,8)20-17-29(40)46-27-39/h15-16,18-19,28,39H,17,20-27H2,1-14H3/b18-15-,19-16-. The number of carbonyl (C=O) groups excluding carboxylic acids is 4. The summed E-state index contributed by atoms with van der Waals surface area (Å²) < 4.78 is 21.9. The van der Waals surface area contributed by atoms with Crippen molar-refractivity contribution in [3.05, 3.63) is 24.3 Å². The molecule has 9 heteroatoms. The summed E-state index contributed by atoms with van der Waals surface area (Å²) in [5, 5.41) is 8.81. The Morgan fingerprint density at radius 1 is 0.617 bits per heavy atom. The third-order valence-electron chi connectivity index (χ3n) is 8.05. The minimum absolute atomic E-state index is 0.0575. The van der Waals surface area contributed by atoms with E-state index in [9.17, 15) is 19.2 Å². The summed E-state index contributed by atoms with van der Waals surface area (Å²) in [7, 11) is 0. The summed E-state index contributed by atoms with van der Waals surface area (Å²) >= 11 is 0. The van der Waals surface area contributed by atoms with Crippen molar-refractivity contribution < 1.29 is 43.2 Å². The number of hydrogen-bond acceptors (Lipinski definition) is 9. The molecule has 0 saturated carbocycles. The molecule has 0 fully saturated rings. The molecule has 0 rings (SSSR count). The molecule has 0 unspecified atom stereocenters. The van der Waals surface area contributed by atoms with Crippen LogP contribution < -0.4 is 0 Å². The van der Waals surface area contributed by atoms with Gasteiger partial charge in [-0.05, 0) is 88.9 Å². The van der Waals surface area contributed by atoms with E-state index in [0.29, 0.717) is 25.7 Å². The van der Waals surface area contributed by atoms with Crippen molar-refractivity contribution in [1.29, 1.82) is 0 Å². The number of ether oxygens (including phenoxy) is 4. The number of carbonyl (C=O) groups is 4. The smallest absolute Gasteiger partial charge is 0.311 e. The van der Waals surface area contributed by atoms with E-state index < -0.39 is 53.0 Å². The SMILES string of the molecule is C/C=C\C(C)(C)CC(C)(C)C(=O)OCC(COC(=O)C(C)(C)CC(C)(C)/C=C\C)OC(=O)CC(C)(C)CC(C)(C)CCC(=O)OCO. The zero-order valence-electron chi connectivity index (χ0n) is 32.0. The number of aliphatic hydroxyl groups excluding tert-OH is 1. The van der Waals surface area contributed by atoms with Crippen LogP contribution in [0.2, 0.25) is 0 Å². The van der Waals surface area contributed by atoms with Crippen molar-refractivity contribution in [3.63, 3.8) is 0 Å². The zero-order valence-corrected chi connectivity index (χ0v) is 32.0. The highest BCUT2D eigenvalue weighted by Gasteiger charge is 2.38. The molecule has 0 aliphatic carbocycles. The zero-order chi connectivity index (χ0) is 36.9. The van der Waals surface area contributed by atoms with Gasteiger partial charge in [0.05, 0.1) is 17.3 Å². The van der Waals surface area contributed by atoms with E-state index in [-0.39, 0.29) is 42.3 Å². The Bertz CT molecular complexity index is 1040. The second kappa shape index (κ2) is 18.2. The number of hydrogen-bond donors (Lipinski definition) is 1. The Morgan fingerprint density at radius 2 is 1.04 bits per heavy atom. The van der Waals surface area contributed by atoms with Gasteiger partial charge in [0.25, 0.3) is 0 Å². The molecular weight excluding hydrogens is 600 g/mol. The predicted molar refractivity (Wildman–Crippen MR) is 185 cm³/mol. The maximum atomic E-state index is 13.3. The molecule has 0 aromatic rings. The highest BCUT2D eigenvalue weighted by molar-refractivity contribution is 5.77. The van der Waals surface area contributed by atoms with Crippen LogP contribution in [0.25, 0.3) is 0 Å². The van der Waals surface area contributed by atoms with Crippen LogP contribution in [0.1, 0.15) is 135 Å². The van der Waals surface area contributed by atoms with Crippen molar-refractivity contribution in [2.24, 2.45) is 32.5 Å². The van der Waals surface area contributed by atoms with Gasteiger partial charge in [-0.1, -0.05) is 79.7 Å². The van der Waals surface area contributed by atoms with Crippen molar-refractivity contribution in [2.45, 2.75) is 142 Å². The van der Waals surface area contributed by atoms with Gasteiger partial charge in [-0.3, -0.25) is 19.2 Å². The van der Waals surface area contributed by atoms with E-state index in [1.165, 1.54) is 0 Å². The van der Waals surface area contributed by atoms with Crippen molar-refractivity contribution in [3.8, 4) is 0 Å². The fraction of sp³-hybridized carbons (Fsp3) is 0.789. The number of rotatable bonds is 21. The molecule has 0 spiro atoms. The van der Waals surface area contributed by atoms with E-state index in [0.717, 1.165) is 0 Å². The molecule has 0 saturated heterocycles. The second-order valence-corrected chi connectivity index (χ2v) is 17.2. The third kappa shape index (κ3) is 18.4. The van der Waals surface area contributed by atoms with Crippen LogP contribution in [0.5, 0.6) is 0 Å². The highest BCUT2D eigenvalue weighted by Crippen LogP contribution is 2.40. The quantitative estimate of drug-likeness (QED) is 0.0559. The lowest BCUT2D eigenvalue weighted by Gasteiger charge is -2.35.